The molecule has 0 radical (unpaired) electrons. The van der Waals surface area contributed by atoms with Crippen molar-refractivity contribution < 1.29 is 18.7 Å². The molecule has 0 amide bonds. The molecule has 0 aliphatic rings. The highest BCUT2D eigenvalue weighted by molar-refractivity contribution is 6.36. The summed E-state index contributed by atoms with van der Waals surface area (Å²) in [5.74, 6) is -4.22. The molecule has 0 aliphatic heterocycles. The number of aromatic carboxylic acids is 1. The van der Waals surface area contributed by atoms with Crippen LogP contribution in [0.1, 0.15) is 10.4 Å². The van der Waals surface area contributed by atoms with Gasteiger partial charge in [-0.25, -0.2) is 13.6 Å². The summed E-state index contributed by atoms with van der Waals surface area (Å²) in [6, 6.07) is 6.45. The Morgan fingerprint density at radius 3 is 2.21 bits per heavy atom. The molecule has 0 aromatic heterocycles. The van der Waals surface area contributed by atoms with Gasteiger partial charge in [-0.05, 0) is 18.2 Å². The number of hydrogen-bond donors (Lipinski definition) is 1. The van der Waals surface area contributed by atoms with Crippen molar-refractivity contribution in [2.75, 3.05) is 0 Å². The fourth-order valence-corrected chi connectivity index (χ4v) is 2.14. The molecule has 98 valence electrons. The number of halogens is 4. The van der Waals surface area contributed by atoms with Crippen LogP contribution in [0.5, 0.6) is 0 Å². The number of hydrogen-bond acceptors (Lipinski definition) is 1. The molecule has 0 saturated heterocycles. The van der Waals surface area contributed by atoms with Crippen molar-refractivity contribution in [2.45, 2.75) is 0 Å². The zero-order valence-corrected chi connectivity index (χ0v) is 10.8. The van der Waals surface area contributed by atoms with E-state index in [1.165, 1.54) is 18.2 Å². The van der Waals surface area contributed by atoms with Gasteiger partial charge in [0.2, 0.25) is 0 Å². The third kappa shape index (κ3) is 2.55. The summed E-state index contributed by atoms with van der Waals surface area (Å²) in [7, 11) is 0. The van der Waals surface area contributed by atoms with Gasteiger partial charge in [0.05, 0.1) is 5.56 Å². The van der Waals surface area contributed by atoms with Crippen molar-refractivity contribution in [1.82, 2.24) is 0 Å². The summed E-state index contributed by atoms with van der Waals surface area (Å²) in [6.45, 7) is 0. The normalized spacial score (nSPS) is 10.5. The molecular formula is C13H6Cl2F2O2. The third-order valence-corrected chi connectivity index (χ3v) is 3.08. The highest BCUT2D eigenvalue weighted by atomic mass is 35.5. The van der Waals surface area contributed by atoms with E-state index >= 15 is 0 Å². The summed E-state index contributed by atoms with van der Waals surface area (Å²) in [5.41, 5.74) is -0.616. The van der Waals surface area contributed by atoms with Crippen molar-refractivity contribution in [3.63, 3.8) is 0 Å². The average molecular weight is 303 g/mol. The summed E-state index contributed by atoms with van der Waals surface area (Å²) < 4.78 is 27.4. The van der Waals surface area contributed by atoms with Gasteiger partial charge in [-0.3, -0.25) is 0 Å². The molecule has 0 aliphatic carbocycles. The van der Waals surface area contributed by atoms with Crippen molar-refractivity contribution in [2.24, 2.45) is 0 Å². The Labute approximate surface area is 117 Å². The van der Waals surface area contributed by atoms with E-state index in [-0.39, 0.29) is 16.1 Å². The first-order chi connectivity index (χ1) is 8.91. The van der Waals surface area contributed by atoms with E-state index in [0.717, 1.165) is 12.1 Å². The van der Waals surface area contributed by atoms with Crippen LogP contribution in [0.25, 0.3) is 11.1 Å². The lowest BCUT2D eigenvalue weighted by Gasteiger charge is -2.08. The Morgan fingerprint density at radius 2 is 1.63 bits per heavy atom. The highest BCUT2D eigenvalue weighted by Gasteiger charge is 2.19. The van der Waals surface area contributed by atoms with Gasteiger partial charge in [0.1, 0.15) is 0 Å². The second kappa shape index (κ2) is 5.15. The molecule has 19 heavy (non-hydrogen) atoms. The van der Waals surface area contributed by atoms with E-state index in [2.05, 4.69) is 0 Å². The second-order valence-electron chi connectivity index (χ2n) is 3.72. The first kappa shape index (κ1) is 13.8. The zero-order valence-electron chi connectivity index (χ0n) is 9.25. The Balaban J connectivity index is 2.64. The van der Waals surface area contributed by atoms with Crippen LogP contribution in [0.4, 0.5) is 8.78 Å². The molecule has 1 N–H and O–H groups in total. The van der Waals surface area contributed by atoms with Crippen molar-refractivity contribution in [3.05, 3.63) is 57.6 Å². The van der Waals surface area contributed by atoms with Crippen LogP contribution < -0.4 is 0 Å². The van der Waals surface area contributed by atoms with E-state index in [0.29, 0.717) is 5.02 Å². The Bertz CT molecular complexity index is 672. The zero-order chi connectivity index (χ0) is 14.2. The standard InChI is InChI=1S/C13H6Cl2F2O2/c14-6-1-2-7(10(15)5-6)8-3-4-9(13(18)19)12(17)11(8)16/h1-5H,(H,18,19). The van der Waals surface area contributed by atoms with Gasteiger partial charge in [-0.1, -0.05) is 35.3 Å². The van der Waals surface area contributed by atoms with E-state index < -0.39 is 23.2 Å². The lowest BCUT2D eigenvalue weighted by atomic mass is 10.0. The van der Waals surface area contributed by atoms with E-state index in [1.54, 1.807) is 0 Å². The molecule has 0 heterocycles. The van der Waals surface area contributed by atoms with Crippen molar-refractivity contribution in [1.29, 1.82) is 0 Å². The van der Waals surface area contributed by atoms with Gasteiger partial charge in [0.25, 0.3) is 0 Å². The molecular weight excluding hydrogens is 297 g/mol. The van der Waals surface area contributed by atoms with E-state index in [4.69, 9.17) is 28.3 Å². The number of benzene rings is 2. The third-order valence-electron chi connectivity index (χ3n) is 2.53. The molecule has 2 rings (SSSR count). The van der Waals surface area contributed by atoms with Crippen LogP contribution in [0.2, 0.25) is 10.0 Å². The van der Waals surface area contributed by atoms with Crippen LogP contribution in [-0.4, -0.2) is 11.1 Å². The van der Waals surface area contributed by atoms with Gasteiger partial charge in [0.15, 0.2) is 11.6 Å². The summed E-state index contributed by atoms with van der Waals surface area (Å²) in [5, 5.41) is 9.20. The SMILES string of the molecule is O=C(O)c1ccc(-c2ccc(Cl)cc2Cl)c(F)c1F. The predicted octanol–water partition coefficient (Wildman–Crippen LogP) is 4.64. The van der Waals surface area contributed by atoms with Crippen LogP contribution in [0.3, 0.4) is 0 Å². The number of carbonyl (C=O) groups is 1. The fraction of sp³-hybridized carbons (Fsp3) is 0. The number of carboxylic acid groups (broad SMARTS) is 1. The van der Waals surface area contributed by atoms with Gasteiger partial charge in [0, 0.05) is 21.2 Å². The Hall–Kier alpha value is -1.65. The maximum absolute atomic E-state index is 13.9. The maximum Gasteiger partial charge on any atom is 0.338 e. The number of carboxylic acids is 1. The summed E-state index contributed by atoms with van der Waals surface area (Å²) in [4.78, 5) is 10.7. The highest BCUT2D eigenvalue weighted by Crippen LogP contribution is 2.33. The van der Waals surface area contributed by atoms with Crippen molar-refractivity contribution in [3.8, 4) is 11.1 Å². The first-order valence-electron chi connectivity index (χ1n) is 5.08. The predicted molar refractivity (Wildman–Crippen MR) is 68.8 cm³/mol. The van der Waals surface area contributed by atoms with Gasteiger partial charge in [-0.2, -0.15) is 0 Å². The average Bonchev–Trinajstić information content (AvgIpc) is 2.33. The summed E-state index contributed by atoms with van der Waals surface area (Å²) >= 11 is 11.6. The topological polar surface area (TPSA) is 37.3 Å². The van der Waals surface area contributed by atoms with Crippen LogP contribution in [-0.2, 0) is 0 Å². The quantitative estimate of drug-likeness (QED) is 0.877. The van der Waals surface area contributed by atoms with Crippen molar-refractivity contribution >= 4 is 29.2 Å². The number of rotatable bonds is 2. The lowest BCUT2D eigenvalue weighted by Crippen LogP contribution is -2.04. The molecule has 0 bridgehead atoms. The Kier molecular flexibility index (Phi) is 3.73. The van der Waals surface area contributed by atoms with E-state index in [9.17, 15) is 13.6 Å². The smallest absolute Gasteiger partial charge is 0.338 e. The minimum atomic E-state index is -1.54. The fourth-order valence-electron chi connectivity index (χ4n) is 1.63. The maximum atomic E-state index is 13.9. The molecule has 6 heteroatoms. The molecule has 2 aromatic rings. The molecule has 0 saturated carbocycles. The Morgan fingerprint density at radius 1 is 1.00 bits per heavy atom. The monoisotopic (exact) mass is 302 g/mol. The van der Waals surface area contributed by atoms with Gasteiger partial charge in [-0.15, -0.1) is 0 Å². The van der Waals surface area contributed by atoms with Gasteiger partial charge < -0.3 is 5.11 Å². The molecule has 2 nitrogen and oxygen atoms in total. The van der Waals surface area contributed by atoms with Crippen LogP contribution >= 0.6 is 23.2 Å². The molecule has 0 unspecified atom stereocenters. The lowest BCUT2D eigenvalue weighted by molar-refractivity contribution is 0.0690. The second-order valence-corrected chi connectivity index (χ2v) is 4.56. The van der Waals surface area contributed by atoms with Gasteiger partial charge >= 0.3 is 5.97 Å². The summed E-state index contributed by atoms with van der Waals surface area (Å²) in [6.07, 6.45) is 0. The molecule has 0 fully saturated rings. The molecule has 0 atom stereocenters. The largest absolute Gasteiger partial charge is 0.478 e. The first-order valence-corrected chi connectivity index (χ1v) is 5.84. The minimum Gasteiger partial charge on any atom is -0.478 e. The van der Waals surface area contributed by atoms with E-state index in [1.807, 2.05) is 0 Å². The molecule has 0 spiro atoms. The molecule has 2 aromatic carbocycles. The van der Waals surface area contributed by atoms with Crippen LogP contribution in [0.15, 0.2) is 30.3 Å². The van der Waals surface area contributed by atoms with Crippen LogP contribution in [0, 0.1) is 11.6 Å². The minimum absolute atomic E-state index is 0.121.